The summed E-state index contributed by atoms with van der Waals surface area (Å²) in [7, 11) is 0. The van der Waals surface area contributed by atoms with Crippen molar-refractivity contribution < 1.29 is 17.6 Å². The van der Waals surface area contributed by atoms with Crippen molar-refractivity contribution in [2.24, 2.45) is 0 Å². The molecule has 0 radical (unpaired) electrons. The van der Waals surface area contributed by atoms with Gasteiger partial charge in [0.25, 0.3) is 6.43 Å². The Labute approximate surface area is 79.7 Å². The molecule has 66 valence electrons. The first-order chi connectivity index (χ1) is 5.52. The minimum atomic E-state index is -2.77. The van der Waals surface area contributed by atoms with Gasteiger partial charge in [-0.05, 0) is 34.7 Å². The molecular weight excluding hydrogens is 287 g/mol. The summed E-state index contributed by atoms with van der Waals surface area (Å²) in [6.07, 6.45) is -2.77. The van der Waals surface area contributed by atoms with Gasteiger partial charge in [0.15, 0.2) is 11.6 Å². The summed E-state index contributed by atoms with van der Waals surface area (Å²) >= 11 is 1.53. The third-order valence-electron chi connectivity index (χ3n) is 1.27. The van der Waals surface area contributed by atoms with Crippen LogP contribution in [0.25, 0.3) is 0 Å². The average molecular weight is 290 g/mol. The summed E-state index contributed by atoms with van der Waals surface area (Å²) < 4.78 is 48.9. The van der Waals surface area contributed by atoms with Crippen LogP contribution in [0, 0.1) is 15.2 Å². The molecule has 0 bridgehead atoms. The molecule has 0 aliphatic heterocycles. The van der Waals surface area contributed by atoms with Crippen molar-refractivity contribution in [3.8, 4) is 0 Å². The lowest BCUT2D eigenvalue weighted by Gasteiger charge is -2.03. The van der Waals surface area contributed by atoms with Crippen LogP contribution in [-0.4, -0.2) is 0 Å². The lowest BCUT2D eigenvalue weighted by atomic mass is 10.2. The number of halogens is 5. The molecule has 0 N–H and O–H groups in total. The Kier molecular flexibility index (Phi) is 2.92. The van der Waals surface area contributed by atoms with Crippen molar-refractivity contribution in [2.75, 3.05) is 0 Å². The molecule has 0 saturated carbocycles. The van der Waals surface area contributed by atoms with Gasteiger partial charge in [-0.1, -0.05) is 0 Å². The van der Waals surface area contributed by atoms with Crippen molar-refractivity contribution in [2.45, 2.75) is 6.43 Å². The Bertz CT molecular complexity index is 298. The number of alkyl halides is 2. The van der Waals surface area contributed by atoms with E-state index < -0.39 is 23.6 Å². The Morgan fingerprint density at radius 3 is 2.08 bits per heavy atom. The van der Waals surface area contributed by atoms with Gasteiger partial charge < -0.3 is 0 Å². The molecule has 0 spiro atoms. The molecule has 0 unspecified atom stereocenters. The molecule has 1 aromatic carbocycles. The fraction of sp³-hybridized carbons (Fsp3) is 0.143. The van der Waals surface area contributed by atoms with E-state index in [0.717, 1.165) is 6.07 Å². The summed E-state index contributed by atoms with van der Waals surface area (Å²) in [5.41, 5.74) is -0.477. The van der Waals surface area contributed by atoms with Gasteiger partial charge in [-0.25, -0.2) is 17.6 Å². The van der Waals surface area contributed by atoms with Crippen molar-refractivity contribution in [3.05, 3.63) is 32.9 Å². The molecule has 0 heterocycles. The minimum Gasteiger partial charge on any atom is -0.205 e. The highest BCUT2D eigenvalue weighted by Crippen LogP contribution is 2.26. The molecule has 0 aromatic heterocycles. The van der Waals surface area contributed by atoms with Crippen LogP contribution >= 0.6 is 22.6 Å². The lowest BCUT2D eigenvalue weighted by Crippen LogP contribution is -1.94. The third-order valence-corrected chi connectivity index (χ3v) is 2.21. The third kappa shape index (κ3) is 1.88. The van der Waals surface area contributed by atoms with E-state index >= 15 is 0 Å². The van der Waals surface area contributed by atoms with Crippen LogP contribution in [0.1, 0.15) is 12.0 Å². The van der Waals surface area contributed by atoms with E-state index in [0.29, 0.717) is 6.07 Å². The first kappa shape index (κ1) is 9.76. The molecule has 0 atom stereocenters. The monoisotopic (exact) mass is 290 g/mol. The molecule has 1 aromatic rings. The maximum absolute atomic E-state index is 12.4. The zero-order chi connectivity index (χ0) is 9.30. The lowest BCUT2D eigenvalue weighted by molar-refractivity contribution is 0.149. The summed E-state index contributed by atoms with van der Waals surface area (Å²) in [5, 5.41) is 0. The topological polar surface area (TPSA) is 0 Å². The molecule has 0 saturated heterocycles. The molecule has 1 rings (SSSR count). The zero-order valence-electron chi connectivity index (χ0n) is 5.62. The van der Waals surface area contributed by atoms with Gasteiger partial charge in [0.2, 0.25) is 0 Å². The van der Waals surface area contributed by atoms with E-state index in [2.05, 4.69) is 0 Å². The Balaban J connectivity index is 3.23. The van der Waals surface area contributed by atoms with Gasteiger partial charge in [-0.2, -0.15) is 0 Å². The normalized spacial score (nSPS) is 10.8. The predicted octanol–water partition coefficient (Wildman–Crippen LogP) is 3.51. The fourth-order valence-corrected chi connectivity index (χ4v) is 1.37. The molecule has 12 heavy (non-hydrogen) atoms. The SMILES string of the molecule is Fc1cc(I)c(C(F)F)cc1F. The maximum atomic E-state index is 12.4. The summed E-state index contributed by atoms with van der Waals surface area (Å²) in [6.45, 7) is 0. The van der Waals surface area contributed by atoms with Crippen LogP contribution in [-0.2, 0) is 0 Å². The molecule has 0 aliphatic carbocycles. The highest BCUT2D eigenvalue weighted by molar-refractivity contribution is 14.1. The average Bonchev–Trinajstić information content (AvgIpc) is 1.96. The van der Waals surface area contributed by atoms with E-state index in [1.54, 1.807) is 0 Å². The Morgan fingerprint density at radius 2 is 1.58 bits per heavy atom. The van der Waals surface area contributed by atoms with E-state index in [9.17, 15) is 17.6 Å². The second kappa shape index (κ2) is 3.59. The van der Waals surface area contributed by atoms with Gasteiger partial charge in [0, 0.05) is 9.13 Å². The van der Waals surface area contributed by atoms with Crippen LogP contribution in [0.5, 0.6) is 0 Å². The molecule has 0 amide bonds. The van der Waals surface area contributed by atoms with Crippen molar-refractivity contribution in [1.29, 1.82) is 0 Å². The predicted molar refractivity (Wildman–Crippen MR) is 44.0 cm³/mol. The van der Waals surface area contributed by atoms with Gasteiger partial charge >= 0.3 is 0 Å². The van der Waals surface area contributed by atoms with Gasteiger partial charge in [-0.3, -0.25) is 0 Å². The van der Waals surface area contributed by atoms with Crippen LogP contribution in [0.3, 0.4) is 0 Å². The number of hydrogen-bond donors (Lipinski definition) is 0. The first-order valence-corrected chi connectivity index (χ1v) is 4.03. The number of benzene rings is 1. The highest BCUT2D eigenvalue weighted by atomic mass is 127. The largest absolute Gasteiger partial charge is 0.264 e. The molecule has 0 nitrogen and oxygen atoms in total. The standard InChI is InChI=1S/C7H3F4I/c8-4-1-3(7(10)11)6(12)2-5(4)9/h1-2,7H. The van der Waals surface area contributed by atoms with Crippen molar-refractivity contribution in [3.63, 3.8) is 0 Å². The van der Waals surface area contributed by atoms with Crippen LogP contribution in [0.2, 0.25) is 0 Å². The molecule has 0 fully saturated rings. The van der Waals surface area contributed by atoms with E-state index in [-0.39, 0.29) is 3.57 Å². The Hall–Kier alpha value is -0.330. The summed E-state index contributed by atoms with van der Waals surface area (Å²) in [4.78, 5) is 0. The molecular formula is C7H3F4I. The van der Waals surface area contributed by atoms with Gasteiger partial charge in [-0.15, -0.1) is 0 Å². The summed E-state index contributed by atoms with van der Waals surface area (Å²) in [5.74, 6) is -2.35. The second-order valence-corrected chi connectivity index (χ2v) is 3.25. The quantitative estimate of drug-likeness (QED) is 0.422. The van der Waals surface area contributed by atoms with Gasteiger partial charge in [0.05, 0.1) is 0 Å². The van der Waals surface area contributed by atoms with E-state index in [4.69, 9.17) is 0 Å². The van der Waals surface area contributed by atoms with Crippen molar-refractivity contribution in [1.82, 2.24) is 0 Å². The second-order valence-electron chi connectivity index (χ2n) is 2.09. The van der Waals surface area contributed by atoms with E-state index in [1.807, 2.05) is 0 Å². The first-order valence-electron chi connectivity index (χ1n) is 2.95. The van der Waals surface area contributed by atoms with Crippen LogP contribution in [0.15, 0.2) is 12.1 Å². The van der Waals surface area contributed by atoms with Gasteiger partial charge in [0.1, 0.15) is 0 Å². The summed E-state index contributed by atoms with van der Waals surface area (Å²) in [6, 6.07) is 1.26. The molecule has 5 heteroatoms. The number of rotatable bonds is 1. The fourth-order valence-electron chi connectivity index (χ4n) is 0.705. The highest BCUT2D eigenvalue weighted by Gasteiger charge is 2.15. The minimum absolute atomic E-state index is 0.0292. The maximum Gasteiger partial charge on any atom is 0.264 e. The Morgan fingerprint density at radius 1 is 1.08 bits per heavy atom. The smallest absolute Gasteiger partial charge is 0.205 e. The number of hydrogen-bond acceptors (Lipinski definition) is 0. The van der Waals surface area contributed by atoms with Crippen LogP contribution in [0.4, 0.5) is 17.6 Å². The zero-order valence-corrected chi connectivity index (χ0v) is 7.78. The molecule has 0 aliphatic rings. The van der Waals surface area contributed by atoms with E-state index in [1.165, 1.54) is 22.6 Å². The van der Waals surface area contributed by atoms with Crippen LogP contribution < -0.4 is 0 Å². The van der Waals surface area contributed by atoms with Crippen molar-refractivity contribution >= 4 is 22.6 Å².